The number of carbonyl (C=O) groups excluding carboxylic acids is 2. The Bertz CT molecular complexity index is 799. The van der Waals surface area contributed by atoms with Crippen molar-refractivity contribution >= 4 is 17.8 Å². The van der Waals surface area contributed by atoms with Crippen molar-refractivity contribution < 1.29 is 19.5 Å². The Kier molecular flexibility index (Phi) is 7.82. The molecule has 2 rings (SSSR count). The summed E-state index contributed by atoms with van der Waals surface area (Å²) in [4.78, 5) is 38.8. The average Bonchev–Trinajstić information content (AvgIpc) is 3.56. The molecule has 1 aromatic carbocycles. The highest BCUT2D eigenvalue weighted by Crippen LogP contribution is 2.49. The van der Waals surface area contributed by atoms with Crippen molar-refractivity contribution in [1.82, 2.24) is 10.2 Å². The Morgan fingerprint density at radius 3 is 2.30 bits per heavy atom. The van der Waals surface area contributed by atoms with Crippen LogP contribution in [0.5, 0.6) is 0 Å². The second-order valence-electron chi connectivity index (χ2n) is 8.54. The number of hydrogen-bond acceptors (Lipinski definition) is 3. The Labute approximate surface area is 179 Å². The van der Waals surface area contributed by atoms with Crippen LogP contribution in [0.25, 0.3) is 0 Å². The summed E-state index contributed by atoms with van der Waals surface area (Å²) in [5.74, 6) is -1.03. The quantitative estimate of drug-likeness (QED) is 0.575. The van der Waals surface area contributed by atoms with Gasteiger partial charge in [-0.15, -0.1) is 0 Å². The lowest BCUT2D eigenvalue weighted by Gasteiger charge is -2.33. The van der Waals surface area contributed by atoms with Crippen LogP contribution in [0.4, 0.5) is 0 Å². The van der Waals surface area contributed by atoms with Crippen LogP contribution in [-0.2, 0) is 19.8 Å². The first kappa shape index (κ1) is 23.6. The third-order valence-electron chi connectivity index (χ3n) is 6.21. The average molecular weight is 415 g/mol. The minimum absolute atomic E-state index is 0.0365. The number of rotatable bonds is 10. The molecule has 164 valence electrons. The minimum Gasteiger partial charge on any atom is -0.478 e. The lowest BCUT2D eigenvalue weighted by Crippen LogP contribution is -2.50. The Hall–Kier alpha value is -2.63. The van der Waals surface area contributed by atoms with Gasteiger partial charge in [0.05, 0.1) is 18.0 Å². The highest BCUT2D eigenvalue weighted by atomic mass is 16.4. The number of carboxylic acids is 1. The molecule has 0 aromatic heterocycles. The highest BCUT2D eigenvalue weighted by molar-refractivity contribution is 5.92. The van der Waals surface area contributed by atoms with E-state index in [-0.39, 0.29) is 35.9 Å². The first-order valence-corrected chi connectivity index (χ1v) is 10.7. The van der Waals surface area contributed by atoms with Crippen LogP contribution in [0, 0.1) is 11.8 Å². The van der Waals surface area contributed by atoms with Gasteiger partial charge in [0, 0.05) is 12.6 Å². The Balaban J connectivity index is 2.14. The van der Waals surface area contributed by atoms with Crippen LogP contribution >= 0.6 is 0 Å². The Morgan fingerprint density at radius 1 is 1.23 bits per heavy atom. The molecule has 1 saturated carbocycles. The van der Waals surface area contributed by atoms with Crippen LogP contribution in [0.1, 0.15) is 52.5 Å². The van der Waals surface area contributed by atoms with Crippen LogP contribution in [-0.4, -0.2) is 47.4 Å². The summed E-state index contributed by atoms with van der Waals surface area (Å²) in [6, 6.07) is 9.44. The van der Waals surface area contributed by atoms with Crippen molar-refractivity contribution in [1.29, 1.82) is 0 Å². The van der Waals surface area contributed by atoms with Crippen molar-refractivity contribution in [2.24, 2.45) is 11.8 Å². The summed E-state index contributed by atoms with van der Waals surface area (Å²) in [6.45, 7) is 7.29. The van der Waals surface area contributed by atoms with E-state index in [1.807, 2.05) is 51.1 Å². The number of hydrogen-bond donors (Lipinski definition) is 2. The summed E-state index contributed by atoms with van der Waals surface area (Å²) in [7, 11) is 1.65. The number of carboxylic acid groups (broad SMARTS) is 1. The predicted octanol–water partition coefficient (Wildman–Crippen LogP) is 3.37. The van der Waals surface area contributed by atoms with Gasteiger partial charge in [-0.05, 0) is 43.6 Å². The van der Waals surface area contributed by atoms with E-state index in [9.17, 15) is 14.4 Å². The SMILES string of the molecule is CCC(C(=O)NCC(=O)N(C)[C@H](/C=C(\C)C(=O)O)C(C)C)(c1ccccc1)C1CC1. The molecule has 6 heteroatoms. The van der Waals surface area contributed by atoms with E-state index in [0.717, 1.165) is 18.4 Å². The van der Waals surface area contributed by atoms with Gasteiger partial charge in [-0.3, -0.25) is 9.59 Å². The summed E-state index contributed by atoms with van der Waals surface area (Å²) in [6.07, 6.45) is 4.29. The number of likely N-dealkylation sites (N-methyl/N-ethyl adjacent to an activating group) is 1. The molecule has 1 unspecified atom stereocenters. The molecular weight excluding hydrogens is 380 g/mol. The van der Waals surface area contributed by atoms with Crippen LogP contribution < -0.4 is 5.32 Å². The van der Waals surface area contributed by atoms with Gasteiger partial charge in [-0.2, -0.15) is 0 Å². The van der Waals surface area contributed by atoms with E-state index >= 15 is 0 Å². The molecule has 2 N–H and O–H groups in total. The highest BCUT2D eigenvalue weighted by Gasteiger charge is 2.50. The molecule has 2 atom stereocenters. The maximum atomic E-state index is 13.3. The largest absolute Gasteiger partial charge is 0.478 e. The third-order valence-corrected chi connectivity index (χ3v) is 6.21. The molecule has 0 saturated heterocycles. The molecule has 0 bridgehead atoms. The summed E-state index contributed by atoms with van der Waals surface area (Å²) >= 11 is 0. The molecule has 0 aliphatic heterocycles. The molecule has 0 spiro atoms. The summed E-state index contributed by atoms with van der Waals surface area (Å²) in [5, 5.41) is 12.0. The molecule has 2 amide bonds. The van der Waals surface area contributed by atoms with Crippen molar-refractivity contribution in [3.05, 3.63) is 47.5 Å². The van der Waals surface area contributed by atoms with Gasteiger partial charge < -0.3 is 15.3 Å². The van der Waals surface area contributed by atoms with Crippen molar-refractivity contribution in [2.75, 3.05) is 13.6 Å². The fourth-order valence-corrected chi connectivity index (χ4v) is 4.20. The normalized spacial score (nSPS) is 17.2. The second kappa shape index (κ2) is 9.92. The number of nitrogens with zero attached hydrogens (tertiary/aromatic N) is 1. The molecule has 30 heavy (non-hydrogen) atoms. The molecule has 1 aliphatic carbocycles. The molecule has 1 aliphatic rings. The topological polar surface area (TPSA) is 86.7 Å². The number of aliphatic carboxylic acids is 1. The standard InChI is InChI=1S/C24H34N2O4/c1-6-24(19-12-13-19,18-10-8-7-9-11-18)23(30)25-15-21(27)26(5)20(16(2)3)14-17(4)22(28)29/h7-11,14,16,19-20H,6,12-13,15H2,1-5H3,(H,25,30)(H,28,29)/b17-14+/t20-,24?/m1/s1. The van der Waals surface area contributed by atoms with E-state index in [1.54, 1.807) is 13.1 Å². The van der Waals surface area contributed by atoms with Gasteiger partial charge in [0.2, 0.25) is 11.8 Å². The van der Waals surface area contributed by atoms with Crippen LogP contribution in [0.15, 0.2) is 42.0 Å². The van der Waals surface area contributed by atoms with E-state index < -0.39 is 11.4 Å². The predicted molar refractivity (Wildman–Crippen MR) is 117 cm³/mol. The third kappa shape index (κ3) is 5.10. The minimum atomic E-state index is -1.00. The molecule has 0 radical (unpaired) electrons. The van der Waals surface area contributed by atoms with Crippen LogP contribution in [0.2, 0.25) is 0 Å². The number of amides is 2. The lowest BCUT2D eigenvalue weighted by molar-refractivity contribution is -0.135. The lowest BCUT2D eigenvalue weighted by atomic mass is 9.73. The van der Waals surface area contributed by atoms with E-state index in [0.29, 0.717) is 12.3 Å². The molecule has 1 fully saturated rings. The first-order chi connectivity index (χ1) is 14.1. The number of nitrogens with one attached hydrogen (secondary N) is 1. The monoisotopic (exact) mass is 414 g/mol. The zero-order chi connectivity index (χ0) is 22.5. The molecule has 1 aromatic rings. The van der Waals surface area contributed by atoms with Crippen LogP contribution in [0.3, 0.4) is 0 Å². The first-order valence-electron chi connectivity index (χ1n) is 10.7. The van der Waals surface area contributed by atoms with Crippen molar-refractivity contribution in [3.63, 3.8) is 0 Å². The van der Waals surface area contributed by atoms with Gasteiger partial charge >= 0.3 is 5.97 Å². The zero-order valence-corrected chi connectivity index (χ0v) is 18.6. The van der Waals surface area contributed by atoms with Gasteiger partial charge in [0.25, 0.3) is 0 Å². The van der Waals surface area contributed by atoms with Crippen molar-refractivity contribution in [2.45, 2.75) is 58.4 Å². The fraction of sp³-hybridized carbons (Fsp3) is 0.542. The van der Waals surface area contributed by atoms with Gasteiger partial charge in [-0.25, -0.2) is 4.79 Å². The van der Waals surface area contributed by atoms with E-state index in [4.69, 9.17) is 5.11 Å². The second-order valence-corrected chi connectivity index (χ2v) is 8.54. The summed E-state index contributed by atoms with van der Waals surface area (Å²) in [5.41, 5.74) is 0.575. The van der Waals surface area contributed by atoms with E-state index in [2.05, 4.69) is 5.32 Å². The van der Waals surface area contributed by atoms with Gasteiger partial charge in [-0.1, -0.05) is 57.2 Å². The maximum Gasteiger partial charge on any atom is 0.331 e. The smallest absolute Gasteiger partial charge is 0.331 e. The zero-order valence-electron chi connectivity index (χ0n) is 18.6. The number of carbonyl (C=O) groups is 3. The molecule has 0 heterocycles. The summed E-state index contributed by atoms with van der Waals surface area (Å²) < 4.78 is 0. The maximum absolute atomic E-state index is 13.3. The molecular formula is C24H34N2O4. The van der Waals surface area contributed by atoms with Crippen molar-refractivity contribution in [3.8, 4) is 0 Å². The number of benzene rings is 1. The fourth-order valence-electron chi connectivity index (χ4n) is 4.20. The van der Waals surface area contributed by atoms with Gasteiger partial charge in [0.1, 0.15) is 0 Å². The van der Waals surface area contributed by atoms with E-state index in [1.165, 1.54) is 11.8 Å². The molecule has 6 nitrogen and oxygen atoms in total. The van der Waals surface area contributed by atoms with Gasteiger partial charge in [0.15, 0.2) is 0 Å². The Morgan fingerprint density at radius 2 is 1.83 bits per heavy atom.